The SMILES string of the molecule is C(=C\C12OC(c3ccccc3)(c3ccccc31)C1CCCCCCC12)/c1ccccc1. The molecule has 2 heterocycles. The highest BCUT2D eigenvalue weighted by Crippen LogP contribution is 2.69. The summed E-state index contributed by atoms with van der Waals surface area (Å²) in [4.78, 5) is 0. The van der Waals surface area contributed by atoms with E-state index in [0.717, 1.165) is 0 Å². The summed E-state index contributed by atoms with van der Waals surface area (Å²) in [6.45, 7) is 0. The van der Waals surface area contributed by atoms with Crippen LogP contribution in [0.1, 0.15) is 60.8 Å². The zero-order valence-corrected chi connectivity index (χ0v) is 18.0. The van der Waals surface area contributed by atoms with Crippen molar-refractivity contribution in [3.05, 3.63) is 113 Å². The molecule has 1 saturated heterocycles. The van der Waals surface area contributed by atoms with Gasteiger partial charge in [-0.05, 0) is 41.2 Å². The van der Waals surface area contributed by atoms with E-state index < -0.39 is 0 Å². The summed E-state index contributed by atoms with van der Waals surface area (Å²) in [5, 5.41) is 0. The lowest BCUT2D eigenvalue weighted by atomic mass is 9.59. The lowest BCUT2D eigenvalue weighted by Crippen LogP contribution is -2.40. The second-order valence-electron chi connectivity index (χ2n) is 9.49. The van der Waals surface area contributed by atoms with Gasteiger partial charge in [-0.25, -0.2) is 0 Å². The number of benzene rings is 3. The lowest BCUT2D eigenvalue weighted by Gasteiger charge is -2.41. The topological polar surface area (TPSA) is 9.23 Å². The Morgan fingerprint density at radius 3 is 2.00 bits per heavy atom. The van der Waals surface area contributed by atoms with Crippen LogP contribution < -0.4 is 0 Å². The Balaban J connectivity index is 1.58. The van der Waals surface area contributed by atoms with Crippen molar-refractivity contribution in [1.82, 2.24) is 0 Å². The molecule has 3 aromatic carbocycles. The van der Waals surface area contributed by atoms with E-state index in [1.807, 2.05) is 0 Å². The average Bonchev–Trinajstić information content (AvgIpc) is 3.26. The van der Waals surface area contributed by atoms with Crippen LogP contribution in [-0.4, -0.2) is 0 Å². The zero-order chi connectivity index (χ0) is 20.7. The van der Waals surface area contributed by atoms with Crippen LogP contribution in [0.25, 0.3) is 6.08 Å². The minimum absolute atomic E-state index is 0.332. The largest absolute Gasteiger partial charge is 0.350 e. The van der Waals surface area contributed by atoms with E-state index in [-0.39, 0.29) is 11.2 Å². The number of rotatable bonds is 3. The molecule has 31 heavy (non-hydrogen) atoms. The molecule has 2 fully saturated rings. The fraction of sp³-hybridized carbons (Fsp3) is 0.333. The van der Waals surface area contributed by atoms with Crippen molar-refractivity contribution in [2.45, 2.75) is 49.7 Å². The summed E-state index contributed by atoms with van der Waals surface area (Å²) >= 11 is 0. The summed E-state index contributed by atoms with van der Waals surface area (Å²) in [5.74, 6) is 1.04. The highest BCUT2D eigenvalue weighted by Gasteiger charge is 2.68. The van der Waals surface area contributed by atoms with E-state index in [9.17, 15) is 0 Å². The molecular formula is C30H30O. The molecule has 4 atom stereocenters. The summed E-state index contributed by atoms with van der Waals surface area (Å²) in [5.41, 5.74) is 4.66. The van der Waals surface area contributed by atoms with Gasteiger partial charge in [0, 0.05) is 11.8 Å². The summed E-state index contributed by atoms with van der Waals surface area (Å²) in [6, 6.07) is 30.8. The first-order valence-electron chi connectivity index (χ1n) is 11.9. The summed E-state index contributed by atoms with van der Waals surface area (Å²) in [7, 11) is 0. The Morgan fingerprint density at radius 1 is 0.645 bits per heavy atom. The Kier molecular flexibility index (Phi) is 4.61. The van der Waals surface area contributed by atoms with Crippen molar-refractivity contribution < 1.29 is 4.74 Å². The first-order chi connectivity index (χ1) is 15.3. The quantitative estimate of drug-likeness (QED) is 0.438. The Labute approximate surface area is 185 Å². The molecule has 3 aliphatic rings. The van der Waals surface area contributed by atoms with Gasteiger partial charge in [-0.1, -0.05) is 117 Å². The standard InChI is InChI=1S/C30H30O/c1-2-10-19-27-25(17-9-1)29(22-21-23-13-5-3-6-14-23)26-18-11-12-20-28(26)30(27,31-29)24-15-7-4-8-16-24/h3-8,11-16,18,20-22,25,27H,1-2,9-10,17,19H2/b22-21+. The van der Waals surface area contributed by atoms with Gasteiger partial charge in [0.1, 0.15) is 11.2 Å². The maximum atomic E-state index is 7.40. The van der Waals surface area contributed by atoms with Crippen LogP contribution in [0.3, 0.4) is 0 Å². The predicted octanol–water partition coefficient (Wildman–Crippen LogP) is 7.47. The first kappa shape index (κ1) is 19.1. The van der Waals surface area contributed by atoms with E-state index in [1.165, 1.54) is 60.8 Å². The van der Waals surface area contributed by atoms with Crippen LogP contribution in [-0.2, 0) is 15.9 Å². The monoisotopic (exact) mass is 406 g/mol. The van der Waals surface area contributed by atoms with Gasteiger partial charge in [0.25, 0.3) is 0 Å². The molecule has 1 aliphatic carbocycles. The van der Waals surface area contributed by atoms with Crippen molar-refractivity contribution in [2.24, 2.45) is 11.8 Å². The van der Waals surface area contributed by atoms with Gasteiger partial charge in [-0.15, -0.1) is 0 Å². The molecule has 4 unspecified atom stereocenters. The van der Waals surface area contributed by atoms with Crippen molar-refractivity contribution >= 4 is 6.08 Å². The van der Waals surface area contributed by atoms with Crippen LogP contribution in [0.2, 0.25) is 0 Å². The number of fused-ring (bicyclic) bond motifs is 8. The molecular weight excluding hydrogens is 376 g/mol. The molecule has 0 radical (unpaired) electrons. The molecule has 1 saturated carbocycles. The molecule has 0 N–H and O–H groups in total. The predicted molar refractivity (Wildman–Crippen MR) is 127 cm³/mol. The van der Waals surface area contributed by atoms with Gasteiger partial charge in [0.05, 0.1) is 0 Å². The molecule has 0 spiro atoms. The second-order valence-corrected chi connectivity index (χ2v) is 9.49. The van der Waals surface area contributed by atoms with E-state index in [2.05, 4.69) is 97.1 Å². The Hall–Kier alpha value is -2.64. The normalized spacial score (nSPS) is 31.7. The molecule has 0 aromatic heterocycles. The summed E-state index contributed by atoms with van der Waals surface area (Å²) in [6.07, 6.45) is 12.5. The molecule has 3 aromatic rings. The molecule has 2 aliphatic heterocycles. The average molecular weight is 407 g/mol. The van der Waals surface area contributed by atoms with Crippen LogP contribution in [0, 0.1) is 11.8 Å². The minimum Gasteiger partial charge on any atom is -0.350 e. The fourth-order valence-corrected chi connectivity index (χ4v) is 6.71. The van der Waals surface area contributed by atoms with Gasteiger partial charge < -0.3 is 4.74 Å². The maximum absolute atomic E-state index is 7.40. The first-order valence-corrected chi connectivity index (χ1v) is 11.9. The third-order valence-corrected chi connectivity index (χ3v) is 7.94. The molecule has 2 bridgehead atoms. The van der Waals surface area contributed by atoms with Crippen molar-refractivity contribution in [3.8, 4) is 0 Å². The van der Waals surface area contributed by atoms with Crippen molar-refractivity contribution in [1.29, 1.82) is 0 Å². The van der Waals surface area contributed by atoms with Crippen LogP contribution >= 0.6 is 0 Å². The molecule has 0 amide bonds. The Bertz CT molecular complexity index is 1090. The highest BCUT2D eigenvalue weighted by molar-refractivity contribution is 5.59. The molecule has 156 valence electrons. The van der Waals surface area contributed by atoms with Crippen molar-refractivity contribution in [3.63, 3.8) is 0 Å². The van der Waals surface area contributed by atoms with E-state index >= 15 is 0 Å². The molecule has 1 nitrogen and oxygen atoms in total. The van der Waals surface area contributed by atoms with Crippen LogP contribution in [0.4, 0.5) is 0 Å². The molecule has 1 heteroatoms. The molecule has 6 rings (SSSR count). The van der Waals surface area contributed by atoms with Gasteiger partial charge in [-0.3, -0.25) is 0 Å². The maximum Gasteiger partial charge on any atom is 0.123 e. The van der Waals surface area contributed by atoms with Gasteiger partial charge in [0.15, 0.2) is 0 Å². The third-order valence-electron chi connectivity index (χ3n) is 7.94. The third kappa shape index (κ3) is 2.79. The smallest absolute Gasteiger partial charge is 0.123 e. The fourth-order valence-electron chi connectivity index (χ4n) is 6.71. The summed E-state index contributed by atoms with van der Waals surface area (Å²) < 4.78 is 7.40. The van der Waals surface area contributed by atoms with E-state index in [1.54, 1.807) is 0 Å². The second kappa shape index (κ2) is 7.50. The van der Waals surface area contributed by atoms with Crippen molar-refractivity contribution in [2.75, 3.05) is 0 Å². The Morgan fingerprint density at radius 2 is 1.26 bits per heavy atom. The van der Waals surface area contributed by atoms with Gasteiger partial charge in [0.2, 0.25) is 0 Å². The lowest BCUT2D eigenvalue weighted by molar-refractivity contribution is -0.0535. The van der Waals surface area contributed by atoms with E-state index in [0.29, 0.717) is 11.8 Å². The van der Waals surface area contributed by atoms with Gasteiger partial charge >= 0.3 is 0 Å². The van der Waals surface area contributed by atoms with Crippen LogP contribution in [0.15, 0.2) is 91.0 Å². The number of ether oxygens (including phenoxy) is 1. The van der Waals surface area contributed by atoms with Crippen LogP contribution in [0.5, 0.6) is 0 Å². The highest BCUT2D eigenvalue weighted by atomic mass is 16.5. The number of hydrogen-bond acceptors (Lipinski definition) is 1. The zero-order valence-electron chi connectivity index (χ0n) is 18.0. The van der Waals surface area contributed by atoms with Gasteiger partial charge in [-0.2, -0.15) is 0 Å². The minimum atomic E-state index is -0.343. The number of hydrogen-bond donors (Lipinski definition) is 0. The van der Waals surface area contributed by atoms with E-state index in [4.69, 9.17) is 4.74 Å².